The third kappa shape index (κ3) is 5.52. The molecule has 0 spiro atoms. The number of hydrogen-bond acceptors (Lipinski definition) is 0. The molecule has 0 aliphatic carbocycles. The Bertz CT molecular complexity index is 151. The fourth-order valence-electron chi connectivity index (χ4n) is 0.481. The van der Waals surface area contributed by atoms with Crippen LogP contribution < -0.4 is 0 Å². The molecule has 2 heterocycles. The third-order valence-electron chi connectivity index (χ3n) is 0.885. The molecule has 0 aliphatic heterocycles. The predicted octanol–water partition coefficient (Wildman–Crippen LogP) is 1.63. The summed E-state index contributed by atoms with van der Waals surface area (Å²) in [6, 6.07) is 7.42. The van der Waals surface area contributed by atoms with Gasteiger partial charge in [-0.1, -0.05) is 0 Å². The molecular formula is C8H8FeN2. The van der Waals surface area contributed by atoms with E-state index in [2.05, 4.69) is 22.4 Å². The molecule has 2 nitrogen and oxygen atoms in total. The Balaban J connectivity index is 0.000000167. The number of H-pyrrole nitrogens is 2. The van der Waals surface area contributed by atoms with Crippen LogP contribution in [0.2, 0.25) is 0 Å². The summed E-state index contributed by atoms with van der Waals surface area (Å²) in [5.41, 5.74) is 0. The van der Waals surface area contributed by atoms with Crippen LogP contribution in [0.4, 0.5) is 0 Å². The molecule has 58 valence electrons. The van der Waals surface area contributed by atoms with E-state index in [1.54, 1.807) is 0 Å². The van der Waals surface area contributed by atoms with Crippen molar-refractivity contribution in [2.45, 2.75) is 0 Å². The normalized spacial score (nSPS) is 7.27. The predicted molar refractivity (Wildman–Crippen MR) is 39.3 cm³/mol. The summed E-state index contributed by atoms with van der Waals surface area (Å²) in [6.45, 7) is 0. The second-order valence-corrected chi connectivity index (χ2v) is 1.63. The first kappa shape index (κ1) is 10.1. The van der Waals surface area contributed by atoms with Crippen molar-refractivity contribution in [1.82, 2.24) is 9.97 Å². The van der Waals surface area contributed by atoms with Crippen molar-refractivity contribution in [1.29, 1.82) is 0 Å². The number of aromatic nitrogens is 2. The SMILES string of the molecule is [Fe+2].[c-]1ccc[nH]1.[c-]1ccc[nH]1. The van der Waals surface area contributed by atoms with E-state index < -0.39 is 0 Å². The minimum atomic E-state index is 0. The first-order chi connectivity index (χ1) is 5.00. The topological polar surface area (TPSA) is 31.6 Å². The van der Waals surface area contributed by atoms with Gasteiger partial charge in [-0.2, -0.15) is 36.7 Å². The van der Waals surface area contributed by atoms with Crippen LogP contribution in [-0.4, -0.2) is 9.97 Å². The van der Waals surface area contributed by atoms with Crippen molar-refractivity contribution in [2.24, 2.45) is 0 Å². The fourth-order valence-corrected chi connectivity index (χ4v) is 0.481. The van der Waals surface area contributed by atoms with Crippen LogP contribution in [0.1, 0.15) is 0 Å². The van der Waals surface area contributed by atoms with Crippen LogP contribution >= 0.6 is 0 Å². The molecule has 0 amide bonds. The Morgan fingerprint density at radius 3 is 1.36 bits per heavy atom. The molecule has 2 rings (SSSR count). The summed E-state index contributed by atoms with van der Waals surface area (Å²) in [5, 5.41) is 0. The molecule has 0 saturated heterocycles. The molecule has 3 heteroatoms. The minimum Gasteiger partial charge on any atom is -0.484 e. The van der Waals surface area contributed by atoms with E-state index >= 15 is 0 Å². The van der Waals surface area contributed by atoms with Gasteiger partial charge in [0, 0.05) is 0 Å². The summed E-state index contributed by atoms with van der Waals surface area (Å²) in [4.78, 5) is 5.47. The molecule has 0 radical (unpaired) electrons. The zero-order chi connectivity index (χ0) is 7.07. The first-order valence-corrected chi connectivity index (χ1v) is 2.99. The van der Waals surface area contributed by atoms with E-state index in [0.29, 0.717) is 0 Å². The Morgan fingerprint density at radius 1 is 0.818 bits per heavy atom. The van der Waals surface area contributed by atoms with Gasteiger partial charge in [-0.15, -0.1) is 12.4 Å². The van der Waals surface area contributed by atoms with Gasteiger partial charge in [0.2, 0.25) is 0 Å². The van der Waals surface area contributed by atoms with Crippen LogP contribution in [0.3, 0.4) is 0 Å². The summed E-state index contributed by atoms with van der Waals surface area (Å²) >= 11 is 0. The van der Waals surface area contributed by atoms with Crippen LogP contribution in [0.25, 0.3) is 0 Å². The zero-order valence-corrected chi connectivity index (χ0v) is 6.92. The summed E-state index contributed by atoms with van der Waals surface area (Å²) < 4.78 is 0. The van der Waals surface area contributed by atoms with Crippen LogP contribution in [-0.2, 0) is 17.1 Å². The molecule has 2 N–H and O–H groups in total. The van der Waals surface area contributed by atoms with Crippen molar-refractivity contribution in [2.75, 3.05) is 0 Å². The quantitative estimate of drug-likeness (QED) is 0.465. The van der Waals surface area contributed by atoms with Gasteiger partial charge >= 0.3 is 17.1 Å². The van der Waals surface area contributed by atoms with E-state index in [1.807, 2.05) is 36.7 Å². The van der Waals surface area contributed by atoms with Crippen molar-refractivity contribution < 1.29 is 17.1 Å². The van der Waals surface area contributed by atoms with E-state index in [9.17, 15) is 0 Å². The Labute approximate surface area is 76.5 Å². The van der Waals surface area contributed by atoms with Gasteiger partial charge in [-0.25, -0.2) is 0 Å². The van der Waals surface area contributed by atoms with Crippen molar-refractivity contribution in [3.05, 3.63) is 49.1 Å². The van der Waals surface area contributed by atoms with E-state index in [0.717, 1.165) is 0 Å². The fraction of sp³-hybridized carbons (Fsp3) is 0. The molecule has 0 atom stereocenters. The Hall–Kier alpha value is -0.921. The van der Waals surface area contributed by atoms with E-state index in [4.69, 9.17) is 0 Å². The van der Waals surface area contributed by atoms with Crippen LogP contribution in [0.5, 0.6) is 0 Å². The summed E-state index contributed by atoms with van der Waals surface area (Å²) in [5.74, 6) is 0. The van der Waals surface area contributed by atoms with Crippen LogP contribution in [0.15, 0.2) is 36.7 Å². The van der Waals surface area contributed by atoms with Crippen LogP contribution in [0, 0.1) is 12.4 Å². The smallest absolute Gasteiger partial charge is 0.484 e. The van der Waals surface area contributed by atoms with E-state index in [-0.39, 0.29) is 17.1 Å². The molecule has 0 aliphatic rings. The zero-order valence-electron chi connectivity index (χ0n) is 5.82. The maximum atomic E-state index is 2.74. The second kappa shape index (κ2) is 7.19. The number of aromatic amines is 2. The molecule has 0 fully saturated rings. The maximum absolute atomic E-state index is 2.74. The molecule has 0 unspecified atom stereocenters. The van der Waals surface area contributed by atoms with Crippen molar-refractivity contribution in [3.63, 3.8) is 0 Å². The monoisotopic (exact) mass is 188 g/mol. The molecule has 2 aromatic rings. The molecule has 0 bridgehead atoms. The maximum Gasteiger partial charge on any atom is 2.00 e. The Morgan fingerprint density at radius 2 is 1.27 bits per heavy atom. The third-order valence-corrected chi connectivity index (χ3v) is 0.885. The molecule has 0 saturated carbocycles. The van der Waals surface area contributed by atoms with Gasteiger partial charge in [0.25, 0.3) is 0 Å². The van der Waals surface area contributed by atoms with Crippen molar-refractivity contribution in [3.8, 4) is 0 Å². The summed E-state index contributed by atoms with van der Waals surface area (Å²) in [6.07, 6.45) is 9.11. The molecular weight excluding hydrogens is 180 g/mol. The molecule has 11 heavy (non-hydrogen) atoms. The largest absolute Gasteiger partial charge is 2.00 e. The molecule has 0 aromatic carbocycles. The second-order valence-electron chi connectivity index (χ2n) is 1.63. The van der Waals surface area contributed by atoms with E-state index in [1.165, 1.54) is 0 Å². The Kier molecular flexibility index (Phi) is 6.59. The van der Waals surface area contributed by atoms with Gasteiger partial charge in [-0.05, 0) is 0 Å². The number of hydrogen-bond donors (Lipinski definition) is 2. The van der Waals surface area contributed by atoms with Crippen molar-refractivity contribution >= 4 is 0 Å². The molecule has 2 aromatic heterocycles. The minimum absolute atomic E-state index is 0. The number of rotatable bonds is 0. The van der Waals surface area contributed by atoms with Gasteiger partial charge in [-0.3, -0.25) is 0 Å². The van der Waals surface area contributed by atoms with Gasteiger partial charge in [0.15, 0.2) is 0 Å². The van der Waals surface area contributed by atoms with Gasteiger partial charge in [0.05, 0.1) is 0 Å². The average molecular weight is 188 g/mol. The average Bonchev–Trinajstić information content (AvgIpc) is 2.67. The van der Waals surface area contributed by atoms with Gasteiger partial charge < -0.3 is 9.97 Å². The van der Waals surface area contributed by atoms with Gasteiger partial charge in [0.1, 0.15) is 0 Å². The first-order valence-electron chi connectivity index (χ1n) is 2.99. The standard InChI is InChI=1S/2C4H4N.Fe/c2*1-2-4-5-3-1;/h2*1-3,5H;/q2*-1;+2. The number of nitrogens with one attached hydrogen (secondary N) is 2. The summed E-state index contributed by atoms with van der Waals surface area (Å²) in [7, 11) is 0.